The Morgan fingerprint density at radius 1 is 0.943 bits per heavy atom. The fraction of sp³-hybridized carbons (Fsp3) is 0.786. The molecule has 2 aromatic heterocycles. The van der Waals surface area contributed by atoms with Gasteiger partial charge in [0.2, 0.25) is 0 Å². The predicted octanol–water partition coefficient (Wildman–Crippen LogP) is 8.09. The zero-order valence-electron chi connectivity index (χ0n) is 24.6. The number of pyridine rings is 1. The largest absolute Gasteiger partial charge is 0.415 e. The number of unbranched alkanes of at least 4 members (excludes halogenated alkanes) is 1. The Kier molecular flexibility index (Phi) is 8.34. The molecule has 1 N–H and O–H groups in total. The minimum Gasteiger partial charge on any atom is -0.415 e. The Balaban J connectivity index is 2.11. The van der Waals surface area contributed by atoms with Gasteiger partial charge in [0.05, 0.1) is 12.1 Å². The summed E-state index contributed by atoms with van der Waals surface area (Å²) < 4.78 is 9.16. The molecule has 0 aliphatic heterocycles. The molecule has 2 aromatic rings. The van der Waals surface area contributed by atoms with Gasteiger partial charge in [0.25, 0.3) is 0 Å². The molecular weight excluding hydrogens is 465 g/mol. The molecular formula is C28H52N4OSi2. The summed E-state index contributed by atoms with van der Waals surface area (Å²) in [7, 11) is -3.59. The minimum absolute atomic E-state index is 0.221. The quantitative estimate of drug-likeness (QED) is 0.342. The van der Waals surface area contributed by atoms with Crippen LogP contribution in [-0.4, -0.2) is 37.7 Å². The fourth-order valence-corrected chi connectivity index (χ4v) is 6.55. The van der Waals surface area contributed by atoms with Crippen LogP contribution in [0.5, 0.6) is 0 Å². The van der Waals surface area contributed by atoms with Crippen molar-refractivity contribution in [1.82, 2.24) is 14.5 Å². The number of anilines is 1. The van der Waals surface area contributed by atoms with E-state index >= 15 is 0 Å². The smallest absolute Gasteiger partial charge is 0.192 e. The lowest BCUT2D eigenvalue weighted by molar-refractivity contribution is 0.271. The maximum Gasteiger partial charge on any atom is 0.192 e. The number of imidazole rings is 1. The first-order chi connectivity index (χ1) is 16.1. The molecule has 198 valence electrons. The molecule has 0 saturated carbocycles. The third kappa shape index (κ3) is 6.04. The highest BCUT2D eigenvalue weighted by Gasteiger charge is 2.38. The maximum atomic E-state index is 6.64. The Morgan fingerprint density at radius 3 is 2.20 bits per heavy atom. The molecule has 1 aliphatic carbocycles. The maximum absolute atomic E-state index is 6.64. The fourth-order valence-electron chi connectivity index (χ4n) is 4.37. The highest BCUT2D eigenvalue weighted by Crippen LogP contribution is 2.40. The number of nitrogens with zero attached hydrogens (tertiary/aromatic N) is 3. The number of rotatable bonds is 9. The molecule has 0 bridgehead atoms. The Hall–Kier alpha value is -1.19. The van der Waals surface area contributed by atoms with E-state index < -0.39 is 16.6 Å². The molecule has 0 atom stereocenters. The molecule has 35 heavy (non-hydrogen) atoms. The van der Waals surface area contributed by atoms with Gasteiger partial charge in [0.1, 0.15) is 17.2 Å². The van der Waals surface area contributed by atoms with Crippen molar-refractivity contribution in [1.29, 1.82) is 0 Å². The van der Waals surface area contributed by atoms with Gasteiger partial charge in [0.15, 0.2) is 16.6 Å². The molecule has 3 rings (SSSR count). The normalized spacial score (nSPS) is 15.5. The third-order valence-electron chi connectivity index (χ3n) is 8.89. The lowest BCUT2D eigenvalue weighted by atomic mass is 9.95. The van der Waals surface area contributed by atoms with Crippen LogP contribution in [0, 0.1) is 0 Å². The van der Waals surface area contributed by atoms with Crippen molar-refractivity contribution in [2.75, 3.05) is 11.6 Å². The van der Waals surface area contributed by atoms with Crippen LogP contribution in [0.1, 0.15) is 91.2 Å². The third-order valence-corrected chi connectivity index (χ3v) is 18.0. The zero-order chi connectivity index (χ0) is 26.2. The molecule has 1 aliphatic rings. The average molecular weight is 517 g/mol. The van der Waals surface area contributed by atoms with Gasteiger partial charge in [-0.2, -0.15) is 0 Å². The van der Waals surface area contributed by atoms with Crippen LogP contribution in [-0.2, 0) is 30.2 Å². The van der Waals surface area contributed by atoms with Crippen LogP contribution < -0.4 is 4.98 Å². The number of hydrogen-bond acceptors (Lipinski definition) is 4. The first-order valence-corrected chi connectivity index (χ1v) is 19.8. The van der Waals surface area contributed by atoms with Crippen molar-refractivity contribution < 1.29 is 4.43 Å². The monoisotopic (exact) mass is 516 g/mol. The molecule has 0 saturated heterocycles. The highest BCUT2D eigenvalue weighted by molar-refractivity contribution is 6.83. The zero-order valence-corrected chi connectivity index (χ0v) is 26.6. The summed E-state index contributed by atoms with van der Waals surface area (Å²) in [4.78, 5) is 14.5. The van der Waals surface area contributed by atoms with E-state index in [1.54, 1.807) is 0 Å². The molecule has 0 spiro atoms. The number of aromatic nitrogens is 3. The van der Waals surface area contributed by atoms with Gasteiger partial charge in [-0.05, 0) is 60.8 Å². The Bertz CT molecular complexity index is 1030. The summed E-state index contributed by atoms with van der Waals surface area (Å²) >= 11 is 0. The van der Waals surface area contributed by atoms with Gasteiger partial charge in [0, 0.05) is 18.7 Å². The van der Waals surface area contributed by atoms with E-state index in [0.29, 0.717) is 0 Å². The molecule has 0 fully saturated rings. The lowest BCUT2D eigenvalue weighted by Gasteiger charge is -2.37. The van der Waals surface area contributed by atoms with Crippen LogP contribution in [0.3, 0.4) is 0 Å². The topological polar surface area (TPSA) is 52.0 Å². The van der Waals surface area contributed by atoms with Gasteiger partial charge in [-0.25, -0.2) is 9.97 Å². The Morgan fingerprint density at radius 2 is 1.60 bits per heavy atom. The van der Waals surface area contributed by atoms with E-state index in [1.807, 2.05) is 0 Å². The second-order valence-corrected chi connectivity index (χ2v) is 23.5. The predicted molar refractivity (Wildman–Crippen MR) is 157 cm³/mol. The van der Waals surface area contributed by atoms with Crippen molar-refractivity contribution in [3.05, 3.63) is 17.1 Å². The van der Waals surface area contributed by atoms with Gasteiger partial charge >= 0.3 is 0 Å². The number of hydrogen-bond donors (Lipinski definition) is 1. The summed E-state index contributed by atoms with van der Waals surface area (Å²) in [6.07, 6.45) is 8.02. The number of nitrogens with one attached hydrogen (secondary N) is 1. The minimum atomic E-state index is -1.79. The van der Waals surface area contributed by atoms with E-state index in [1.165, 1.54) is 41.9 Å². The van der Waals surface area contributed by atoms with Crippen LogP contribution in [0.15, 0.2) is 0 Å². The summed E-state index contributed by atoms with van der Waals surface area (Å²) in [6.45, 7) is 27.4. The number of fused-ring (bicyclic) bond motifs is 3. The van der Waals surface area contributed by atoms with Crippen LogP contribution in [0.25, 0.3) is 11.0 Å². The first kappa shape index (κ1) is 28.4. The van der Waals surface area contributed by atoms with Gasteiger partial charge in [-0.3, -0.25) is 0 Å². The second kappa shape index (κ2) is 10.3. The van der Waals surface area contributed by atoms with E-state index in [4.69, 9.17) is 14.4 Å². The van der Waals surface area contributed by atoms with Gasteiger partial charge in [-0.15, -0.1) is 0 Å². The molecule has 5 nitrogen and oxygen atoms in total. The highest BCUT2D eigenvalue weighted by atomic mass is 28.4. The summed E-state index contributed by atoms with van der Waals surface area (Å²) in [6, 6.07) is 0. The standard InChI is InChI=1S/C28H52N4OSi2/c1-12-13-18-23-30-24-25(32(23)19-20-33-35(10,11)28(5,6)7)21-16-14-15-17-22(21)29-26(24)31-34(8,9)27(2,3)4/h12-20H2,1-11H3,(H,29,31). The van der Waals surface area contributed by atoms with Crippen molar-refractivity contribution >= 4 is 33.4 Å². The molecule has 2 heterocycles. The van der Waals surface area contributed by atoms with Crippen molar-refractivity contribution in [2.45, 2.75) is 136 Å². The second-order valence-electron chi connectivity index (χ2n) is 13.7. The molecule has 0 unspecified atom stereocenters. The Labute approximate surface area is 217 Å². The first-order valence-electron chi connectivity index (χ1n) is 13.9. The van der Waals surface area contributed by atoms with Crippen molar-refractivity contribution in [3.63, 3.8) is 0 Å². The summed E-state index contributed by atoms with van der Waals surface area (Å²) in [5.41, 5.74) is 5.16. The van der Waals surface area contributed by atoms with Crippen LogP contribution >= 0.6 is 0 Å². The van der Waals surface area contributed by atoms with Gasteiger partial charge in [-0.1, -0.05) is 68.0 Å². The molecule has 7 heteroatoms. The van der Waals surface area contributed by atoms with Crippen molar-refractivity contribution in [3.8, 4) is 0 Å². The van der Waals surface area contributed by atoms with Crippen molar-refractivity contribution in [2.24, 2.45) is 0 Å². The molecule has 0 radical (unpaired) electrons. The summed E-state index contributed by atoms with van der Waals surface area (Å²) in [5.74, 6) is 2.23. The van der Waals surface area contributed by atoms with E-state index in [2.05, 4.69) is 84.2 Å². The van der Waals surface area contributed by atoms with E-state index in [-0.39, 0.29) is 10.1 Å². The lowest BCUT2D eigenvalue weighted by Crippen LogP contribution is -2.46. The van der Waals surface area contributed by atoms with Gasteiger partial charge < -0.3 is 14.0 Å². The van der Waals surface area contributed by atoms with E-state index in [0.717, 1.165) is 50.2 Å². The van der Waals surface area contributed by atoms with E-state index in [9.17, 15) is 0 Å². The average Bonchev–Trinajstić information content (AvgIpc) is 3.09. The SMILES string of the molecule is CCCCc1nc2c(N[Si](C)(C)C(C)(C)C)nc3c(c2n1CCO[Si](C)(C)C(C)(C)C)CCCC3. The van der Waals surface area contributed by atoms with Crippen LogP contribution in [0.4, 0.5) is 5.82 Å². The summed E-state index contributed by atoms with van der Waals surface area (Å²) in [5, 5.41) is 0.444. The molecule has 0 amide bonds. The van der Waals surface area contributed by atoms with Crippen LogP contribution in [0.2, 0.25) is 36.3 Å². The number of aryl methyl sites for hydroxylation is 3. The molecule has 0 aromatic carbocycles.